The van der Waals surface area contributed by atoms with Crippen molar-refractivity contribution in [3.05, 3.63) is 66.2 Å². The fourth-order valence-electron chi connectivity index (χ4n) is 4.76. The molecule has 1 aliphatic heterocycles. The van der Waals surface area contributed by atoms with Gasteiger partial charge in [0.15, 0.2) is 11.5 Å². The number of nitrogens with zero attached hydrogens (tertiary/aromatic N) is 1. The second kappa shape index (κ2) is 11.8. The standard InChI is InChI=1S/C29H32N2O7/c1-34-20-9-7-19(8-10-20)31-27(32)15-12-22(28(31)18-6-14-24(36-3)26(16-18)38-5)29(33)30-23-13-11-21(35-2)17-25(23)37-4/h6-11,13-14,16-17,22,28H,12,15H2,1-5H3,(H,30,33)/t22-,28+/m0/s1. The highest BCUT2D eigenvalue weighted by molar-refractivity contribution is 6.00. The molecule has 0 saturated carbocycles. The quantitative estimate of drug-likeness (QED) is 0.431. The number of hydrogen-bond acceptors (Lipinski definition) is 7. The van der Waals surface area contributed by atoms with Crippen molar-refractivity contribution in [2.45, 2.75) is 18.9 Å². The van der Waals surface area contributed by atoms with E-state index in [4.69, 9.17) is 23.7 Å². The van der Waals surface area contributed by atoms with Crippen LogP contribution >= 0.6 is 0 Å². The summed E-state index contributed by atoms with van der Waals surface area (Å²) in [7, 11) is 7.79. The third kappa shape index (κ3) is 5.32. The molecule has 1 saturated heterocycles. The molecule has 0 aliphatic carbocycles. The van der Waals surface area contributed by atoms with E-state index >= 15 is 0 Å². The number of anilines is 2. The van der Waals surface area contributed by atoms with E-state index in [9.17, 15) is 9.59 Å². The number of ether oxygens (including phenoxy) is 5. The maximum absolute atomic E-state index is 13.8. The molecule has 1 aliphatic rings. The van der Waals surface area contributed by atoms with Gasteiger partial charge < -0.3 is 33.9 Å². The van der Waals surface area contributed by atoms with Crippen LogP contribution in [0.15, 0.2) is 60.7 Å². The van der Waals surface area contributed by atoms with Gasteiger partial charge in [-0.3, -0.25) is 9.59 Å². The third-order valence-electron chi connectivity index (χ3n) is 6.70. The van der Waals surface area contributed by atoms with Crippen molar-refractivity contribution in [2.75, 3.05) is 45.8 Å². The topological polar surface area (TPSA) is 95.6 Å². The number of amides is 2. The van der Waals surface area contributed by atoms with Crippen LogP contribution in [0.2, 0.25) is 0 Å². The van der Waals surface area contributed by atoms with Crippen molar-refractivity contribution in [1.82, 2.24) is 0 Å². The summed E-state index contributed by atoms with van der Waals surface area (Å²) < 4.78 is 27.0. The number of hydrogen-bond donors (Lipinski definition) is 1. The zero-order valence-electron chi connectivity index (χ0n) is 22.1. The van der Waals surface area contributed by atoms with Crippen molar-refractivity contribution in [3.63, 3.8) is 0 Å². The van der Waals surface area contributed by atoms with Gasteiger partial charge in [-0.2, -0.15) is 0 Å². The van der Waals surface area contributed by atoms with Gasteiger partial charge in [0.05, 0.1) is 53.2 Å². The second-order valence-electron chi connectivity index (χ2n) is 8.72. The maximum Gasteiger partial charge on any atom is 0.230 e. The van der Waals surface area contributed by atoms with Gasteiger partial charge in [0.25, 0.3) is 0 Å². The molecule has 2 atom stereocenters. The van der Waals surface area contributed by atoms with E-state index in [-0.39, 0.29) is 18.2 Å². The molecule has 3 aromatic carbocycles. The number of methoxy groups -OCH3 is 5. The number of rotatable bonds is 9. The van der Waals surface area contributed by atoms with Crippen LogP contribution in [-0.4, -0.2) is 47.4 Å². The Morgan fingerprint density at radius 3 is 2.05 bits per heavy atom. The number of benzene rings is 3. The van der Waals surface area contributed by atoms with Gasteiger partial charge >= 0.3 is 0 Å². The van der Waals surface area contributed by atoms with Crippen LogP contribution in [0.1, 0.15) is 24.4 Å². The minimum Gasteiger partial charge on any atom is -0.497 e. The monoisotopic (exact) mass is 520 g/mol. The Labute approximate surface area is 222 Å². The average molecular weight is 521 g/mol. The molecule has 1 fully saturated rings. The largest absolute Gasteiger partial charge is 0.497 e. The molecule has 0 bridgehead atoms. The average Bonchev–Trinajstić information content (AvgIpc) is 2.96. The van der Waals surface area contributed by atoms with Gasteiger partial charge in [0.2, 0.25) is 11.8 Å². The van der Waals surface area contributed by atoms with Gasteiger partial charge in [-0.15, -0.1) is 0 Å². The Balaban J connectivity index is 1.77. The summed E-state index contributed by atoms with van der Waals surface area (Å²) in [6.07, 6.45) is 0.586. The lowest BCUT2D eigenvalue weighted by atomic mass is 9.83. The molecule has 0 radical (unpaired) electrons. The molecular formula is C29H32N2O7. The lowest BCUT2D eigenvalue weighted by molar-refractivity contribution is -0.126. The van der Waals surface area contributed by atoms with Gasteiger partial charge in [-0.05, 0) is 60.5 Å². The molecular weight excluding hydrogens is 488 g/mol. The zero-order valence-corrected chi connectivity index (χ0v) is 22.1. The fourth-order valence-corrected chi connectivity index (χ4v) is 4.76. The third-order valence-corrected chi connectivity index (χ3v) is 6.70. The lowest BCUT2D eigenvalue weighted by Gasteiger charge is -2.41. The van der Waals surface area contributed by atoms with Crippen molar-refractivity contribution >= 4 is 23.2 Å². The van der Waals surface area contributed by atoms with Crippen LogP contribution in [0.3, 0.4) is 0 Å². The van der Waals surface area contributed by atoms with Crippen molar-refractivity contribution in [2.24, 2.45) is 5.92 Å². The first-order valence-electron chi connectivity index (χ1n) is 12.1. The van der Waals surface area contributed by atoms with Gasteiger partial charge in [-0.25, -0.2) is 0 Å². The Bertz CT molecular complexity index is 1290. The molecule has 38 heavy (non-hydrogen) atoms. The molecule has 1 N–H and O–H groups in total. The number of carbonyl (C=O) groups excluding carboxylic acids is 2. The molecule has 9 nitrogen and oxygen atoms in total. The summed E-state index contributed by atoms with van der Waals surface area (Å²) in [5.74, 6) is 1.92. The molecule has 4 rings (SSSR count). The van der Waals surface area contributed by atoms with Crippen LogP contribution in [0.25, 0.3) is 0 Å². The summed E-state index contributed by atoms with van der Waals surface area (Å²) in [4.78, 5) is 28.9. The van der Waals surface area contributed by atoms with Crippen molar-refractivity contribution < 1.29 is 33.3 Å². The predicted octanol–water partition coefficient (Wildman–Crippen LogP) is 4.85. The fraction of sp³-hybridized carbons (Fsp3) is 0.310. The van der Waals surface area contributed by atoms with Crippen molar-refractivity contribution in [1.29, 1.82) is 0 Å². The first-order valence-corrected chi connectivity index (χ1v) is 12.1. The Morgan fingerprint density at radius 2 is 1.42 bits per heavy atom. The molecule has 9 heteroatoms. The first kappa shape index (κ1) is 26.7. The summed E-state index contributed by atoms with van der Waals surface area (Å²) >= 11 is 0. The van der Waals surface area contributed by atoms with Gasteiger partial charge in [0, 0.05) is 18.2 Å². The van der Waals surface area contributed by atoms with Crippen LogP contribution in [-0.2, 0) is 9.59 Å². The zero-order chi connectivity index (χ0) is 27.2. The van der Waals surface area contributed by atoms with E-state index in [1.807, 2.05) is 24.3 Å². The van der Waals surface area contributed by atoms with Crippen LogP contribution in [0.5, 0.6) is 28.7 Å². The number of carbonyl (C=O) groups is 2. The highest BCUT2D eigenvalue weighted by Gasteiger charge is 2.42. The highest BCUT2D eigenvalue weighted by atomic mass is 16.5. The Kier molecular flexibility index (Phi) is 8.25. The number of nitrogens with one attached hydrogen (secondary N) is 1. The lowest BCUT2D eigenvalue weighted by Crippen LogP contribution is -2.47. The maximum atomic E-state index is 13.8. The molecule has 200 valence electrons. The minimum atomic E-state index is -0.603. The predicted molar refractivity (Wildman–Crippen MR) is 144 cm³/mol. The SMILES string of the molecule is COc1ccc(N2C(=O)CC[C@H](C(=O)Nc3ccc(OC)cc3OC)[C@H]2c2ccc(OC)c(OC)c2)cc1. The smallest absolute Gasteiger partial charge is 0.230 e. The van der Waals surface area contributed by atoms with E-state index in [1.165, 1.54) is 7.11 Å². The van der Waals surface area contributed by atoms with E-state index in [2.05, 4.69) is 5.32 Å². The van der Waals surface area contributed by atoms with Gasteiger partial charge in [-0.1, -0.05) is 6.07 Å². The van der Waals surface area contributed by atoms with Crippen LogP contribution in [0, 0.1) is 5.92 Å². The second-order valence-corrected chi connectivity index (χ2v) is 8.72. The molecule has 0 unspecified atom stereocenters. The van der Waals surface area contributed by atoms with Crippen LogP contribution < -0.4 is 33.9 Å². The molecule has 3 aromatic rings. The molecule has 0 spiro atoms. The van der Waals surface area contributed by atoms with E-state index in [0.717, 1.165) is 5.56 Å². The highest BCUT2D eigenvalue weighted by Crippen LogP contribution is 2.43. The Hall–Kier alpha value is -4.40. The molecule has 2 amide bonds. The minimum absolute atomic E-state index is 0.0824. The molecule has 1 heterocycles. The normalized spacial score (nSPS) is 17.0. The molecule has 0 aromatic heterocycles. The van der Waals surface area contributed by atoms with E-state index in [0.29, 0.717) is 46.5 Å². The summed E-state index contributed by atoms with van der Waals surface area (Å²) in [5.41, 5.74) is 1.92. The summed E-state index contributed by atoms with van der Waals surface area (Å²) in [6.45, 7) is 0. The number of piperidine rings is 1. The van der Waals surface area contributed by atoms with Crippen molar-refractivity contribution in [3.8, 4) is 28.7 Å². The Morgan fingerprint density at radius 1 is 0.763 bits per heavy atom. The first-order chi connectivity index (χ1) is 18.4. The van der Waals surface area contributed by atoms with Crippen LogP contribution in [0.4, 0.5) is 11.4 Å². The summed E-state index contributed by atoms with van der Waals surface area (Å²) in [6, 6.07) is 17.2. The van der Waals surface area contributed by atoms with Gasteiger partial charge in [0.1, 0.15) is 17.2 Å². The summed E-state index contributed by atoms with van der Waals surface area (Å²) in [5, 5.41) is 3.01. The van der Waals surface area contributed by atoms with E-state index in [1.54, 1.807) is 69.7 Å². The van der Waals surface area contributed by atoms with E-state index < -0.39 is 12.0 Å².